The molecule has 0 heterocycles. The second kappa shape index (κ2) is 8.62. The third kappa shape index (κ3) is 5.50. The van der Waals surface area contributed by atoms with Crippen molar-refractivity contribution in [3.63, 3.8) is 0 Å². The van der Waals surface area contributed by atoms with Crippen LogP contribution in [0.4, 0.5) is 5.69 Å². The van der Waals surface area contributed by atoms with Crippen LogP contribution in [0.3, 0.4) is 0 Å². The molecule has 1 aromatic rings. The molecule has 0 amide bonds. The van der Waals surface area contributed by atoms with Crippen molar-refractivity contribution in [1.29, 1.82) is 0 Å². The zero-order chi connectivity index (χ0) is 15.1. The zero-order valence-electron chi connectivity index (χ0n) is 13.2. The molecule has 2 rings (SSSR count). The minimum absolute atomic E-state index is 0.779. The van der Waals surface area contributed by atoms with E-state index in [-0.39, 0.29) is 0 Å². The Morgan fingerprint density at radius 1 is 1.38 bits per heavy atom. The van der Waals surface area contributed by atoms with Crippen LogP contribution in [0, 0.1) is 5.92 Å². The Morgan fingerprint density at radius 2 is 2.19 bits per heavy atom. The number of likely N-dealkylation sites (N-methyl/N-ethyl adjacent to an activating group) is 1. The fourth-order valence-corrected chi connectivity index (χ4v) is 2.56. The summed E-state index contributed by atoms with van der Waals surface area (Å²) in [5, 5.41) is 4.27. The number of halogens is 1. The first-order valence-electron chi connectivity index (χ1n) is 7.99. The largest absolute Gasteiger partial charge is 0.379 e. The number of rotatable bonds is 10. The van der Waals surface area contributed by atoms with Gasteiger partial charge >= 0.3 is 0 Å². The van der Waals surface area contributed by atoms with Crippen LogP contribution in [0.5, 0.6) is 0 Å². The van der Waals surface area contributed by atoms with Crippen molar-refractivity contribution in [1.82, 2.24) is 5.32 Å². The molecular weight excluding hydrogens is 284 g/mol. The zero-order valence-corrected chi connectivity index (χ0v) is 14.0. The molecular formula is C17H27ClN2O. The number of ether oxygens (including phenoxy) is 1. The van der Waals surface area contributed by atoms with Gasteiger partial charge in [-0.3, -0.25) is 0 Å². The molecule has 1 aromatic carbocycles. The fraction of sp³-hybridized carbons (Fsp3) is 0.647. The summed E-state index contributed by atoms with van der Waals surface area (Å²) in [6.45, 7) is 6.60. The van der Waals surface area contributed by atoms with E-state index < -0.39 is 0 Å². The molecule has 1 aliphatic carbocycles. The van der Waals surface area contributed by atoms with Crippen molar-refractivity contribution in [3.8, 4) is 0 Å². The summed E-state index contributed by atoms with van der Waals surface area (Å²) in [6.07, 6.45) is 3.82. The van der Waals surface area contributed by atoms with Crippen molar-refractivity contribution >= 4 is 17.3 Å². The van der Waals surface area contributed by atoms with Gasteiger partial charge in [0.25, 0.3) is 0 Å². The highest BCUT2D eigenvalue weighted by atomic mass is 35.5. The first kappa shape index (κ1) is 16.6. The smallest absolute Gasteiger partial charge is 0.0641 e. The van der Waals surface area contributed by atoms with Crippen LogP contribution in [0.1, 0.15) is 31.7 Å². The van der Waals surface area contributed by atoms with E-state index in [2.05, 4.69) is 30.3 Å². The minimum Gasteiger partial charge on any atom is -0.379 e. The maximum atomic E-state index is 6.37. The predicted molar refractivity (Wildman–Crippen MR) is 90.3 cm³/mol. The monoisotopic (exact) mass is 310 g/mol. The Kier molecular flexibility index (Phi) is 6.81. The molecule has 0 saturated heterocycles. The highest BCUT2D eigenvalue weighted by Crippen LogP contribution is 2.29. The van der Waals surface area contributed by atoms with Crippen molar-refractivity contribution in [2.75, 3.05) is 38.3 Å². The van der Waals surface area contributed by atoms with Gasteiger partial charge in [0.1, 0.15) is 0 Å². The quantitative estimate of drug-likeness (QED) is 0.667. The molecule has 1 N–H and O–H groups in total. The van der Waals surface area contributed by atoms with Crippen LogP contribution in [-0.4, -0.2) is 33.4 Å². The molecule has 0 bridgehead atoms. The van der Waals surface area contributed by atoms with E-state index in [0.717, 1.165) is 50.2 Å². The van der Waals surface area contributed by atoms with Gasteiger partial charge in [-0.25, -0.2) is 0 Å². The van der Waals surface area contributed by atoms with Crippen LogP contribution < -0.4 is 10.2 Å². The van der Waals surface area contributed by atoms with E-state index in [1.54, 1.807) is 0 Å². The van der Waals surface area contributed by atoms with Gasteiger partial charge in [0.15, 0.2) is 0 Å². The number of nitrogens with zero attached hydrogens (tertiary/aromatic N) is 1. The van der Waals surface area contributed by atoms with Gasteiger partial charge in [0, 0.05) is 43.0 Å². The van der Waals surface area contributed by atoms with Gasteiger partial charge in [0.05, 0.1) is 6.61 Å². The van der Waals surface area contributed by atoms with E-state index in [1.807, 2.05) is 12.1 Å². The van der Waals surface area contributed by atoms with Gasteiger partial charge in [-0.1, -0.05) is 24.6 Å². The summed E-state index contributed by atoms with van der Waals surface area (Å²) in [4.78, 5) is 2.24. The van der Waals surface area contributed by atoms with Crippen LogP contribution >= 0.6 is 11.6 Å². The normalized spacial score (nSPS) is 14.4. The summed E-state index contributed by atoms with van der Waals surface area (Å²) in [6, 6.07) is 6.11. The van der Waals surface area contributed by atoms with Crippen molar-refractivity contribution in [3.05, 3.63) is 28.8 Å². The summed E-state index contributed by atoms with van der Waals surface area (Å²) in [7, 11) is 2.11. The number of hydrogen-bond acceptors (Lipinski definition) is 3. The molecule has 1 saturated carbocycles. The van der Waals surface area contributed by atoms with Crippen molar-refractivity contribution in [2.45, 2.75) is 32.7 Å². The Labute approximate surface area is 133 Å². The lowest BCUT2D eigenvalue weighted by atomic mass is 10.1. The SMILES string of the molecule is CCCNCc1c(Cl)cccc1N(C)CCOCC1CC1. The predicted octanol–water partition coefficient (Wildman–Crippen LogP) is 3.70. The van der Waals surface area contributed by atoms with E-state index in [0.29, 0.717) is 0 Å². The molecule has 21 heavy (non-hydrogen) atoms. The van der Waals surface area contributed by atoms with Gasteiger partial charge in [-0.15, -0.1) is 0 Å². The third-order valence-corrected chi connectivity index (χ3v) is 4.21. The molecule has 0 aliphatic heterocycles. The average molecular weight is 311 g/mol. The minimum atomic E-state index is 0.779. The molecule has 0 unspecified atom stereocenters. The lowest BCUT2D eigenvalue weighted by Crippen LogP contribution is -2.25. The lowest BCUT2D eigenvalue weighted by molar-refractivity contribution is 0.131. The average Bonchev–Trinajstić information content (AvgIpc) is 3.29. The van der Waals surface area contributed by atoms with E-state index in [9.17, 15) is 0 Å². The highest BCUT2D eigenvalue weighted by molar-refractivity contribution is 6.31. The Morgan fingerprint density at radius 3 is 2.90 bits per heavy atom. The molecule has 3 nitrogen and oxygen atoms in total. The van der Waals surface area contributed by atoms with Crippen molar-refractivity contribution in [2.24, 2.45) is 5.92 Å². The molecule has 0 atom stereocenters. The Hall–Kier alpha value is -0.770. The molecule has 4 heteroatoms. The Balaban J connectivity index is 1.87. The van der Waals surface area contributed by atoms with Crippen LogP contribution in [0.25, 0.3) is 0 Å². The number of benzene rings is 1. The molecule has 1 fully saturated rings. The maximum absolute atomic E-state index is 6.37. The van der Waals surface area contributed by atoms with Gasteiger partial charge in [-0.2, -0.15) is 0 Å². The van der Waals surface area contributed by atoms with E-state index in [4.69, 9.17) is 16.3 Å². The fourth-order valence-electron chi connectivity index (χ4n) is 2.33. The lowest BCUT2D eigenvalue weighted by Gasteiger charge is -2.23. The molecule has 0 radical (unpaired) electrons. The second-order valence-electron chi connectivity index (χ2n) is 5.85. The third-order valence-electron chi connectivity index (χ3n) is 3.86. The number of anilines is 1. The summed E-state index contributed by atoms with van der Waals surface area (Å²) < 4.78 is 5.73. The number of nitrogens with one attached hydrogen (secondary N) is 1. The van der Waals surface area contributed by atoms with Gasteiger partial charge in [0.2, 0.25) is 0 Å². The first-order chi connectivity index (χ1) is 10.2. The topological polar surface area (TPSA) is 24.5 Å². The van der Waals surface area contributed by atoms with Crippen molar-refractivity contribution < 1.29 is 4.74 Å². The van der Waals surface area contributed by atoms with E-state index in [1.165, 1.54) is 24.1 Å². The molecule has 0 spiro atoms. The van der Waals surface area contributed by atoms with Crippen LogP contribution in [0.2, 0.25) is 5.02 Å². The Bertz CT molecular complexity index is 435. The molecule has 0 aromatic heterocycles. The summed E-state index contributed by atoms with van der Waals surface area (Å²) in [5.74, 6) is 0.829. The second-order valence-corrected chi connectivity index (χ2v) is 6.26. The van der Waals surface area contributed by atoms with Gasteiger partial charge in [-0.05, 0) is 43.9 Å². The number of hydrogen-bond donors (Lipinski definition) is 1. The van der Waals surface area contributed by atoms with Crippen LogP contribution in [0.15, 0.2) is 18.2 Å². The van der Waals surface area contributed by atoms with Gasteiger partial charge < -0.3 is 15.0 Å². The standard InChI is InChI=1S/C17H27ClN2O/c1-3-9-19-12-15-16(18)5-4-6-17(15)20(2)10-11-21-13-14-7-8-14/h4-6,14,19H,3,7-13H2,1-2H3. The maximum Gasteiger partial charge on any atom is 0.0641 e. The summed E-state index contributed by atoms with van der Waals surface area (Å²) in [5.41, 5.74) is 2.37. The van der Waals surface area contributed by atoms with Crippen LogP contribution in [-0.2, 0) is 11.3 Å². The molecule has 1 aliphatic rings. The van der Waals surface area contributed by atoms with E-state index >= 15 is 0 Å². The first-order valence-corrected chi connectivity index (χ1v) is 8.37. The summed E-state index contributed by atoms with van der Waals surface area (Å²) >= 11 is 6.37. The molecule has 118 valence electrons. The highest BCUT2D eigenvalue weighted by Gasteiger charge is 2.21.